The molecular weight excluding hydrogens is 395 g/mol. The molecule has 0 unspecified atom stereocenters. The van der Waals surface area contributed by atoms with E-state index in [2.05, 4.69) is 22.3 Å². The van der Waals surface area contributed by atoms with Crippen LogP contribution in [0.4, 0.5) is 27.6 Å². The molecule has 0 saturated heterocycles. The summed E-state index contributed by atoms with van der Waals surface area (Å²) in [7, 11) is 0. The van der Waals surface area contributed by atoms with Gasteiger partial charge in [0.2, 0.25) is 0 Å². The Labute approximate surface area is 164 Å². The summed E-state index contributed by atoms with van der Waals surface area (Å²) in [6.45, 7) is 2.11. The van der Waals surface area contributed by atoms with E-state index in [0.29, 0.717) is 5.92 Å². The number of carbonyl (C=O) groups is 1. The average molecular weight is 416 g/mol. The lowest BCUT2D eigenvalue weighted by atomic mass is 9.85. The van der Waals surface area contributed by atoms with Crippen molar-refractivity contribution >= 4 is 11.6 Å². The second-order valence-electron chi connectivity index (χ2n) is 7.15. The van der Waals surface area contributed by atoms with Crippen molar-refractivity contribution in [3.8, 4) is 0 Å². The number of carbonyl (C=O) groups excluding carboxylic acids is 1. The Bertz CT molecular complexity index is 857. The largest absolute Gasteiger partial charge is 0.433 e. The Balaban J connectivity index is 1.80. The maximum atomic E-state index is 13.4. The lowest BCUT2D eigenvalue weighted by molar-refractivity contribution is -0.141. The molecule has 2 aromatic heterocycles. The molecule has 10 heteroatoms. The predicted octanol–water partition coefficient (Wildman–Crippen LogP) is 5.63. The van der Waals surface area contributed by atoms with Crippen molar-refractivity contribution in [2.75, 3.05) is 5.32 Å². The van der Waals surface area contributed by atoms with Crippen molar-refractivity contribution in [1.82, 2.24) is 14.8 Å². The summed E-state index contributed by atoms with van der Waals surface area (Å²) >= 11 is 0. The lowest BCUT2D eigenvalue weighted by Gasteiger charge is -2.27. The molecule has 3 rings (SSSR count). The van der Waals surface area contributed by atoms with Crippen LogP contribution in [-0.4, -0.2) is 20.7 Å². The van der Waals surface area contributed by atoms with E-state index in [-0.39, 0.29) is 11.7 Å². The molecule has 1 fully saturated rings. The van der Waals surface area contributed by atoms with E-state index in [1.807, 2.05) is 0 Å². The van der Waals surface area contributed by atoms with E-state index >= 15 is 0 Å². The lowest BCUT2D eigenvalue weighted by Crippen LogP contribution is -2.18. The highest BCUT2D eigenvalue weighted by atomic mass is 19.4. The number of rotatable bonds is 5. The molecule has 0 aliphatic heterocycles. The minimum Gasteiger partial charge on any atom is -0.318 e. The molecule has 1 aliphatic carbocycles. The van der Waals surface area contributed by atoms with Gasteiger partial charge in [0.15, 0.2) is 5.69 Å². The molecule has 0 atom stereocenters. The molecule has 0 bridgehead atoms. The standard InChI is InChI=1S/C19H21F5N4O/c1-2-11-6-8-12(9-7-11)28-10-14(16(27-28)17(20)21)26-18(29)13-4-3-5-15(25-13)19(22,23)24/h3-5,10-12,17H,2,6-9H2,1H3,(H,26,29)/t11-,12-. The Morgan fingerprint density at radius 2 is 1.93 bits per heavy atom. The van der Waals surface area contributed by atoms with Gasteiger partial charge in [0, 0.05) is 6.20 Å². The van der Waals surface area contributed by atoms with Gasteiger partial charge in [-0.05, 0) is 43.7 Å². The second kappa shape index (κ2) is 8.46. The normalized spacial score (nSPS) is 20.1. The molecule has 1 N–H and O–H groups in total. The third-order valence-corrected chi connectivity index (χ3v) is 5.26. The number of anilines is 1. The van der Waals surface area contributed by atoms with Crippen LogP contribution < -0.4 is 5.32 Å². The van der Waals surface area contributed by atoms with Crippen LogP contribution in [0.2, 0.25) is 0 Å². The topological polar surface area (TPSA) is 59.8 Å². The molecule has 1 aliphatic rings. The number of nitrogens with one attached hydrogen (secondary N) is 1. The van der Waals surface area contributed by atoms with Gasteiger partial charge in [-0.3, -0.25) is 9.48 Å². The van der Waals surface area contributed by atoms with Gasteiger partial charge in [0.1, 0.15) is 11.4 Å². The predicted molar refractivity (Wildman–Crippen MR) is 95.7 cm³/mol. The zero-order chi connectivity index (χ0) is 21.2. The maximum absolute atomic E-state index is 13.4. The van der Waals surface area contributed by atoms with Gasteiger partial charge in [-0.15, -0.1) is 0 Å². The van der Waals surface area contributed by atoms with Crippen molar-refractivity contribution in [3.05, 3.63) is 41.5 Å². The molecule has 0 radical (unpaired) electrons. The van der Waals surface area contributed by atoms with Crippen molar-refractivity contribution in [3.63, 3.8) is 0 Å². The summed E-state index contributed by atoms with van der Waals surface area (Å²) in [6, 6.07) is 2.80. The molecule has 29 heavy (non-hydrogen) atoms. The molecule has 2 heterocycles. The first-order valence-electron chi connectivity index (χ1n) is 9.41. The highest BCUT2D eigenvalue weighted by Gasteiger charge is 2.33. The Morgan fingerprint density at radius 1 is 1.24 bits per heavy atom. The Morgan fingerprint density at radius 3 is 2.52 bits per heavy atom. The number of hydrogen-bond donors (Lipinski definition) is 1. The van der Waals surface area contributed by atoms with Crippen molar-refractivity contribution in [2.45, 2.75) is 57.7 Å². The average Bonchev–Trinajstić information content (AvgIpc) is 3.11. The van der Waals surface area contributed by atoms with Crippen LogP contribution in [0.15, 0.2) is 24.4 Å². The van der Waals surface area contributed by atoms with Crippen LogP contribution in [0.25, 0.3) is 0 Å². The first kappa shape index (κ1) is 21.2. The van der Waals surface area contributed by atoms with Gasteiger partial charge in [0.25, 0.3) is 12.3 Å². The number of pyridine rings is 1. The molecule has 5 nitrogen and oxygen atoms in total. The zero-order valence-corrected chi connectivity index (χ0v) is 15.7. The SMILES string of the molecule is CC[C@H]1CC[C@H](n2cc(NC(=O)c3cccc(C(F)(F)F)n3)c(C(F)F)n2)CC1. The molecule has 1 amide bonds. The fourth-order valence-electron chi connectivity index (χ4n) is 3.57. The molecule has 158 valence electrons. The second-order valence-corrected chi connectivity index (χ2v) is 7.15. The Kier molecular flexibility index (Phi) is 6.18. The summed E-state index contributed by atoms with van der Waals surface area (Å²) in [6.07, 6.45) is -1.72. The highest BCUT2D eigenvalue weighted by molar-refractivity contribution is 6.03. The minimum atomic E-state index is -4.72. The van der Waals surface area contributed by atoms with Gasteiger partial charge in [-0.1, -0.05) is 19.4 Å². The fraction of sp³-hybridized carbons (Fsp3) is 0.526. The van der Waals surface area contributed by atoms with E-state index < -0.39 is 35.6 Å². The van der Waals surface area contributed by atoms with Gasteiger partial charge in [-0.2, -0.15) is 18.3 Å². The third-order valence-electron chi connectivity index (χ3n) is 5.26. The first-order chi connectivity index (χ1) is 13.7. The number of hydrogen-bond acceptors (Lipinski definition) is 3. The van der Waals surface area contributed by atoms with Gasteiger partial charge >= 0.3 is 6.18 Å². The van der Waals surface area contributed by atoms with Crippen molar-refractivity contribution in [2.24, 2.45) is 5.92 Å². The van der Waals surface area contributed by atoms with E-state index in [4.69, 9.17) is 0 Å². The van der Waals surface area contributed by atoms with Crippen LogP contribution in [0.5, 0.6) is 0 Å². The van der Waals surface area contributed by atoms with Crippen LogP contribution in [0.3, 0.4) is 0 Å². The number of amides is 1. The van der Waals surface area contributed by atoms with Gasteiger partial charge < -0.3 is 5.32 Å². The molecule has 0 aromatic carbocycles. The van der Waals surface area contributed by atoms with E-state index in [1.54, 1.807) is 0 Å². The molecule has 1 saturated carbocycles. The monoisotopic (exact) mass is 416 g/mol. The minimum absolute atomic E-state index is 0.0485. The third kappa shape index (κ3) is 4.91. The number of nitrogens with zero attached hydrogens (tertiary/aromatic N) is 3. The summed E-state index contributed by atoms with van der Waals surface area (Å²) in [5.41, 5.74) is -2.58. The van der Waals surface area contributed by atoms with Gasteiger partial charge in [0.05, 0.1) is 11.7 Å². The smallest absolute Gasteiger partial charge is 0.318 e. The highest BCUT2D eigenvalue weighted by Crippen LogP contribution is 2.36. The number of alkyl halides is 5. The van der Waals surface area contributed by atoms with E-state index in [9.17, 15) is 26.7 Å². The van der Waals surface area contributed by atoms with Crippen LogP contribution in [0, 0.1) is 5.92 Å². The van der Waals surface area contributed by atoms with E-state index in [1.165, 1.54) is 10.9 Å². The fourth-order valence-corrected chi connectivity index (χ4v) is 3.57. The quantitative estimate of drug-likeness (QED) is 0.643. The summed E-state index contributed by atoms with van der Waals surface area (Å²) in [5.74, 6) is -0.394. The zero-order valence-electron chi connectivity index (χ0n) is 15.7. The van der Waals surface area contributed by atoms with Crippen molar-refractivity contribution < 1.29 is 26.7 Å². The Hall–Kier alpha value is -2.52. The molecule has 0 spiro atoms. The molecular formula is C19H21F5N4O. The first-order valence-corrected chi connectivity index (χ1v) is 9.41. The summed E-state index contributed by atoms with van der Waals surface area (Å²) < 4.78 is 66.6. The van der Waals surface area contributed by atoms with Crippen LogP contribution >= 0.6 is 0 Å². The van der Waals surface area contributed by atoms with Crippen LogP contribution in [-0.2, 0) is 6.18 Å². The van der Waals surface area contributed by atoms with Crippen molar-refractivity contribution in [1.29, 1.82) is 0 Å². The maximum Gasteiger partial charge on any atom is 0.433 e. The van der Waals surface area contributed by atoms with Crippen LogP contribution in [0.1, 0.15) is 73.4 Å². The van der Waals surface area contributed by atoms with Gasteiger partial charge in [-0.25, -0.2) is 13.8 Å². The number of aromatic nitrogens is 3. The summed E-state index contributed by atoms with van der Waals surface area (Å²) in [5, 5.41) is 6.17. The molecule has 2 aromatic rings. The number of halogens is 5. The summed E-state index contributed by atoms with van der Waals surface area (Å²) in [4.78, 5) is 15.6. The van der Waals surface area contributed by atoms with E-state index in [0.717, 1.165) is 50.3 Å².